The van der Waals surface area contributed by atoms with Crippen molar-refractivity contribution in [2.24, 2.45) is 0 Å². The van der Waals surface area contributed by atoms with Gasteiger partial charge in [0.05, 0.1) is 18.9 Å². The molecule has 2 aromatic rings. The van der Waals surface area contributed by atoms with E-state index in [2.05, 4.69) is 24.9 Å². The van der Waals surface area contributed by atoms with Gasteiger partial charge in [-0.2, -0.15) is 0 Å². The lowest BCUT2D eigenvalue weighted by molar-refractivity contribution is -0.0845. The third kappa shape index (κ3) is 3.14. The van der Waals surface area contributed by atoms with E-state index in [0.717, 1.165) is 69.6 Å². The first kappa shape index (κ1) is 16.5. The molecule has 4 rings (SSSR count). The van der Waals surface area contributed by atoms with Crippen LogP contribution in [0.5, 0.6) is 0 Å². The molecule has 0 radical (unpaired) electrons. The smallest absolute Gasteiger partial charge is 0.225 e. The number of morpholine rings is 1. The second-order valence-electron chi connectivity index (χ2n) is 7.04. The van der Waals surface area contributed by atoms with Crippen molar-refractivity contribution in [2.75, 3.05) is 37.7 Å². The number of anilines is 1. The van der Waals surface area contributed by atoms with Gasteiger partial charge in [0.15, 0.2) is 0 Å². The van der Waals surface area contributed by atoms with E-state index in [1.807, 2.05) is 19.9 Å². The lowest BCUT2D eigenvalue weighted by Crippen LogP contribution is -2.61. The Hall–Kier alpha value is -1.99. The Balaban J connectivity index is 1.50. The minimum atomic E-state index is 0.0830. The fourth-order valence-electron chi connectivity index (χ4n) is 3.97. The molecular formula is C18H25N5O2. The maximum absolute atomic E-state index is 5.88. The molecule has 7 nitrogen and oxygen atoms in total. The molecule has 7 heteroatoms. The van der Waals surface area contributed by atoms with Crippen LogP contribution >= 0.6 is 0 Å². The third-order valence-corrected chi connectivity index (χ3v) is 5.61. The molecule has 0 bridgehead atoms. The number of hydrogen-bond donors (Lipinski definition) is 0. The van der Waals surface area contributed by atoms with E-state index in [1.54, 1.807) is 12.4 Å². The summed E-state index contributed by atoms with van der Waals surface area (Å²) >= 11 is 0. The normalized spacial score (nSPS) is 21.0. The Kier molecular flexibility index (Phi) is 4.43. The van der Waals surface area contributed by atoms with Crippen molar-refractivity contribution in [3.05, 3.63) is 35.5 Å². The van der Waals surface area contributed by atoms with Crippen LogP contribution in [0.3, 0.4) is 0 Å². The third-order valence-electron chi connectivity index (χ3n) is 5.61. The van der Waals surface area contributed by atoms with Gasteiger partial charge in [0.25, 0.3) is 0 Å². The van der Waals surface area contributed by atoms with Crippen LogP contribution in [0.4, 0.5) is 5.95 Å². The predicted molar refractivity (Wildman–Crippen MR) is 93.4 cm³/mol. The molecule has 0 aliphatic carbocycles. The fraction of sp³-hybridized carbons (Fsp3) is 0.611. The van der Waals surface area contributed by atoms with Crippen molar-refractivity contribution in [1.82, 2.24) is 20.0 Å². The predicted octanol–water partition coefficient (Wildman–Crippen LogP) is 1.95. The molecule has 134 valence electrons. The highest BCUT2D eigenvalue weighted by molar-refractivity contribution is 5.30. The van der Waals surface area contributed by atoms with Gasteiger partial charge in [-0.25, -0.2) is 9.97 Å². The van der Waals surface area contributed by atoms with Gasteiger partial charge in [0.2, 0.25) is 5.95 Å². The maximum atomic E-state index is 5.88. The second-order valence-corrected chi connectivity index (χ2v) is 7.04. The molecule has 0 atom stereocenters. The van der Waals surface area contributed by atoms with E-state index in [9.17, 15) is 0 Å². The number of ether oxygens (including phenoxy) is 1. The Labute approximate surface area is 148 Å². The van der Waals surface area contributed by atoms with Gasteiger partial charge in [-0.3, -0.25) is 4.90 Å². The van der Waals surface area contributed by atoms with E-state index >= 15 is 0 Å². The van der Waals surface area contributed by atoms with Crippen LogP contribution < -0.4 is 4.90 Å². The molecule has 2 aromatic heterocycles. The van der Waals surface area contributed by atoms with E-state index in [4.69, 9.17) is 9.26 Å². The Morgan fingerprint density at radius 1 is 1.12 bits per heavy atom. The summed E-state index contributed by atoms with van der Waals surface area (Å²) in [6.45, 7) is 9.33. The summed E-state index contributed by atoms with van der Waals surface area (Å²) in [4.78, 5) is 13.6. The Morgan fingerprint density at radius 2 is 1.88 bits per heavy atom. The summed E-state index contributed by atoms with van der Waals surface area (Å²) in [6, 6.07) is 1.86. The number of nitrogens with zero attached hydrogens (tertiary/aromatic N) is 5. The van der Waals surface area contributed by atoms with Crippen LogP contribution in [0.1, 0.15) is 29.9 Å². The molecule has 2 fully saturated rings. The molecule has 4 heterocycles. The molecule has 2 saturated heterocycles. The highest BCUT2D eigenvalue weighted by atomic mass is 16.5. The zero-order valence-corrected chi connectivity index (χ0v) is 14.9. The molecule has 2 aliphatic rings. The largest absolute Gasteiger partial charge is 0.378 e. The van der Waals surface area contributed by atoms with Gasteiger partial charge in [-0.1, -0.05) is 5.16 Å². The number of rotatable bonds is 3. The molecule has 1 spiro atoms. The summed E-state index contributed by atoms with van der Waals surface area (Å²) in [5.74, 6) is 1.75. The van der Waals surface area contributed by atoms with Gasteiger partial charge in [0.1, 0.15) is 5.76 Å². The monoisotopic (exact) mass is 343 g/mol. The second kappa shape index (κ2) is 6.72. The molecule has 0 aromatic carbocycles. The standard InChI is InChI=1S/C18H25N5O2/c1-14-16(15(2)25-21-14)12-23-10-11-24-13-18(23)4-8-22(9-5-18)17-19-6-3-7-20-17/h3,6-7H,4-5,8-13H2,1-2H3. The van der Waals surface area contributed by atoms with Crippen molar-refractivity contribution in [3.8, 4) is 0 Å². The first-order valence-corrected chi connectivity index (χ1v) is 8.94. The molecule has 25 heavy (non-hydrogen) atoms. The maximum Gasteiger partial charge on any atom is 0.225 e. The van der Waals surface area contributed by atoms with Crippen LogP contribution in [0.2, 0.25) is 0 Å². The van der Waals surface area contributed by atoms with E-state index < -0.39 is 0 Å². The van der Waals surface area contributed by atoms with E-state index in [-0.39, 0.29) is 5.54 Å². The van der Waals surface area contributed by atoms with Gasteiger partial charge in [-0.05, 0) is 32.8 Å². The van der Waals surface area contributed by atoms with Crippen LogP contribution in [-0.2, 0) is 11.3 Å². The SMILES string of the molecule is Cc1noc(C)c1CN1CCOCC12CCN(c1ncccn1)CC2. The highest BCUT2D eigenvalue weighted by Crippen LogP contribution is 2.34. The average Bonchev–Trinajstić information content (AvgIpc) is 2.97. The van der Waals surface area contributed by atoms with Gasteiger partial charge >= 0.3 is 0 Å². The lowest BCUT2D eigenvalue weighted by atomic mass is 9.85. The number of piperidine rings is 1. The molecule has 0 amide bonds. The molecule has 0 saturated carbocycles. The zero-order valence-electron chi connectivity index (χ0n) is 14.9. The van der Waals surface area contributed by atoms with Crippen molar-refractivity contribution in [2.45, 2.75) is 38.8 Å². The fourth-order valence-corrected chi connectivity index (χ4v) is 3.97. The van der Waals surface area contributed by atoms with E-state index in [1.165, 1.54) is 5.56 Å². The van der Waals surface area contributed by atoms with E-state index in [0.29, 0.717) is 0 Å². The summed E-state index contributed by atoms with van der Waals surface area (Å²) in [6.07, 6.45) is 5.71. The van der Waals surface area contributed by atoms with Crippen molar-refractivity contribution >= 4 is 5.95 Å². The summed E-state index contributed by atoms with van der Waals surface area (Å²) in [7, 11) is 0. The molecule has 2 aliphatic heterocycles. The quantitative estimate of drug-likeness (QED) is 0.844. The van der Waals surface area contributed by atoms with Crippen LogP contribution in [-0.4, -0.2) is 58.4 Å². The van der Waals surface area contributed by atoms with Crippen molar-refractivity contribution in [3.63, 3.8) is 0 Å². The summed E-state index contributed by atoms with van der Waals surface area (Å²) < 4.78 is 11.2. The van der Waals surface area contributed by atoms with Crippen LogP contribution in [0.15, 0.2) is 23.0 Å². The topological polar surface area (TPSA) is 67.5 Å². The van der Waals surface area contributed by atoms with Crippen molar-refractivity contribution in [1.29, 1.82) is 0 Å². The van der Waals surface area contributed by atoms with Gasteiger partial charge < -0.3 is 14.2 Å². The summed E-state index contributed by atoms with van der Waals surface area (Å²) in [5.41, 5.74) is 2.30. The molecule has 0 unspecified atom stereocenters. The summed E-state index contributed by atoms with van der Waals surface area (Å²) in [5, 5.41) is 4.11. The lowest BCUT2D eigenvalue weighted by Gasteiger charge is -2.51. The Bertz CT molecular complexity index is 690. The van der Waals surface area contributed by atoms with Crippen LogP contribution in [0.25, 0.3) is 0 Å². The number of aryl methyl sites for hydroxylation is 2. The Morgan fingerprint density at radius 3 is 2.56 bits per heavy atom. The number of aromatic nitrogens is 3. The number of hydrogen-bond acceptors (Lipinski definition) is 7. The highest BCUT2D eigenvalue weighted by Gasteiger charge is 2.43. The minimum Gasteiger partial charge on any atom is -0.378 e. The zero-order chi connectivity index (χ0) is 17.3. The molecular weight excluding hydrogens is 318 g/mol. The van der Waals surface area contributed by atoms with Crippen molar-refractivity contribution < 1.29 is 9.26 Å². The first-order valence-electron chi connectivity index (χ1n) is 8.94. The van der Waals surface area contributed by atoms with Gasteiger partial charge in [-0.15, -0.1) is 0 Å². The van der Waals surface area contributed by atoms with Gasteiger partial charge in [0, 0.05) is 49.7 Å². The average molecular weight is 343 g/mol. The van der Waals surface area contributed by atoms with Crippen LogP contribution in [0, 0.1) is 13.8 Å². The minimum absolute atomic E-state index is 0.0830. The first-order chi connectivity index (χ1) is 12.2. The molecule has 0 N–H and O–H groups in total.